The van der Waals surface area contributed by atoms with Crippen LogP contribution in [0.2, 0.25) is 0 Å². The Hall–Kier alpha value is -3.55. The minimum atomic E-state index is -0.996. The van der Waals surface area contributed by atoms with Gasteiger partial charge in [-0.1, -0.05) is 12.1 Å². The van der Waals surface area contributed by atoms with Gasteiger partial charge in [-0.3, -0.25) is 0 Å². The Balaban J connectivity index is 1.81. The predicted molar refractivity (Wildman–Crippen MR) is 87.5 cm³/mol. The Bertz CT molecular complexity index is 901. The first-order chi connectivity index (χ1) is 12.1. The first-order valence-electron chi connectivity index (χ1n) is 7.50. The molecule has 3 aromatic rings. The lowest BCUT2D eigenvalue weighted by Crippen LogP contribution is -2.05. The van der Waals surface area contributed by atoms with Crippen molar-refractivity contribution in [2.75, 3.05) is 6.61 Å². The Kier molecular flexibility index (Phi) is 4.51. The van der Waals surface area contributed by atoms with E-state index in [0.717, 1.165) is 0 Å². The van der Waals surface area contributed by atoms with E-state index in [-0.39, 0.29) is 11.5 Å². The molecule has 25 heavy (non-hydrogen) atoms. The molecule has 2 aromatic carbocycles. The second kappa shape index (κ2) is 6.91. The molecule has 0 unspecified atom stereocenters. The summed E-state index contributed by atoms with van der Waals surface area (Å²) in [6.45, 7) is 2.06. The van der Waals surface area contributed by atoms with Gasteiger partial charge in [-0.15, -0.1) is 15.0 Å². The number of carbonyl (C=O) groups excluding carboxylic acids is 1. The maximum absolute atomic E-state index is 11.6. The van der Waals surface area contributed by atoms with E-state index in [1.165, 1.54) is 16.9 Å². The van der Waals surface area contributed by atoms with Crippen LogP contribution in [0.3, 0.4) is 0 Å². The summed E-state index contributed by atoms with van der Waals surface area (Å²) in [5.74, 6) is -1.02. The van der Waals surface area contributed by atoms with Crippen molar-refractivity contribution in [3.8, 4) is 17.1 Å². The van der Waals surface area contributed by atoms with E-state index < -0.39 is 5.97 Å². The highest BCUT2D eigenvalue weighted by molar-refractivity contribution is 5.89. The Morgan fingerprint density at radius 1 is 1.04 bits per heavy atom. The van der Waals surface area contributed by atoms with Crippen molar-refractivity contribution in [2.45, 2.75) is 6.92 Å². The van der Waals surface area contributed by atoms with Gasteiger partial charge in [0.25, 0.3) is 0 Å². The van der Waals surface area contributed by atoms with Crippen molar-refractivity contribution in [1.29, 1.82) is 0 Å². The van der Waals surface area contributed by atoms with Crippen molar-refractivity contribution in [3.05, 3.63) is 59.7 Å². The standard InChI is InChI=1S/C17H14N4O4/c1-2-25-17(24)13-7-9-14(10-8-13)21-19-15(18-20-21)11-3-5-12(6-4-11)16(22)23/h3-10H,2H2,1H3,(H,22,23). The molecule has 8 heteroatoms. The third-order valence-corrected chi connectivity index (χ3v) is 3.41. The Morgan fingerprint density at radius 2 is 1.68 bits per heavy atom. The molecule has 3 rings (SSSR count). The van der Waals surface area contributed by atoms with E-state index in [0.29, 0.717) is 29.2 Å². The van der Waals surface area contributed by atoms with Crippen molar-refractivity contribution < 1.29 is 19.4 Å². The summed E-state index contributed by atoms with van der Waals surface area (Å²) in [6.07, 6.45) is 0. The highest BCUT2D eigenvalue weighted by Gasteiger charge is 2.10. The van der Waals surface area contributed by atoms with Crippen LogP contribution in [0.1, 0.15) is 27.6 Å². The highest BCUT2D eigenvalue weighted by atomic mass is 16.5. The number of benzene rings is 2. The molecule has 1 heterocycles. The van der Waals surface area contributed by atoms with Gasteiger partial charge in [0.1, 0.15) is 0 Å². The van der Waals surface area contributed by atoms with Gasteiger partial charge in [-0.2, -0.15) is 0 Å². The largest absolute Gasteiger partial charge is 0.478 e. The first kappa shape index (κ1) is 16.3. The molecule has 0 bridgehead atoms. The van der Waals surface area contributed by atoms with Gasteiger partial charge < -0.3 is 9.84 Å². The first-order valence-corrected chi connectivity index (χ1v) is 7.50. The summed E-state index contributed by atoms with van der Waals surface area (Å²) in [6, 6.07) is 12.8. The molecule has 126 valence electrons. The van der Waals surface area contributed by atoms with Crippen LogP contribution in [0.5, 0.6) is 0 Å². The zero-order valence-corrected chi connectivity index (χ0v) is 13.3. The minimum Gasteiger partial charge on any atom is -0.478 e. The number of hydrogen-bond acceptors (Lipinski definition) is 6. The molecular formula is C17H14N4O4. The average Bonchev–Trinajstić information content (AvgIpc) is 3.12. The summed E-state index contributed by atoms with van der Waals surface area (Å²) < 4.78 is 4.93. The van der Waals surface area contributed by atoms with Crippen LogP contribution in [0.4, 0.5) is 0 Å². The summed E-state index contributed by atoms with van der Waals surface area (Å²) in [4.78, 5) is 23.8. The van der Waals surface area contributed by atoms with Gasteiger partial charge in [0.15, 0.2) is 0 Å². The topological polar surface area (TPSA) is 107 Å². The number of carbonyl (C=O) groups is 2. The van der Waals surface area contributed by atoms with Crippen LogP contribution < -0.4 is 0 Å². The van der Waals surface area contributed by atoms with E-state index >= 15 is 0 Å². The van der Waals surface area contributed by atoms with Crippen molar-refractivity contribution in [1.82, 2.24) is 20.2 Å². The van der Waals surface area contributed by atoms with Gasteiger partial charge >= 0.3 is 11.9 Å². The van der Waals surface area contributed by atoms with Gasteiger partial charge in [-0.25, -0.2) is 9.59 Å². The maximum atomic E-state index is 11.6. The van der Waals surface area contributed by atoms with E-state index in [4.69, 9.17) is 9.84 Å². The lowest BCUT2D eigenvalue weighted by atomic mass is 10.1. The van der Waals surface area contributed by atoms with Crippen molar-refractivity contribution in [3.63, 3.8) is 0 Å². The molecule has 0 fully saturated rings. The summed E-state index contributed by atoms with van der Waals surface area (Å²) in [5, 5.41) is 21.1. The van der Waals surface area contributed by atoms with Crippen LogP contribution in [0.25, 0.3) is 17.1 Å². The fourth-order valence-electron chi connectivity index (χ4n) is 2.15. The number of aromatic carboxylic acids is 1. The number of ether oxygens (including phenoxy) is 1. The lowest BCUT2D eigenvalue weighted by molar-refractivity contribution is 0.0526. The SMILES string of the molecule is CCOC(=O)c1ccc(-n2nnc(-c3ccc(C(=O)O)cc3)n2)cc1. The second-order valence-corrected chi connectivity index (χ2v) is 5.05. The van der Waals surface area contributed by atoms with E-state index in [1.54, 1.807) is 43.3 Å². The summed E-state index contributed by atoms with van der Waals surface area (Å²) in [5.41, 5.74) is 1.91. The number of nitrogens with zero attached hydrogens (tertiary/aromatic N) is 4. The molecule has 0 saturated carbocycles. The molecule has 0 aliphatic heterocycles. The Labute approximate surface area is 142 Å². The molecule has 0 atom stereocenters. The van der Waals surface area contributed by atoms with Crippen LogP contribution >= 0.6 is 0 Å². The minimum absolute atomic E-state index is 0.186. The van der Waals surface area contributed by atoms with Crippen LogP contribution in [0.15, 0.2) is 48.5 Å². The molecule has 1 aromatic heterocycles. The maximum Gasteiger partial charge on any atom is 0.338 e. The monoisotopic (exact) mass is 338 g/mol. The zero-order chi connectivity index (χ0) is 17.8. The molecule has 0 aliphatic carbocycles. The predicted octanol–water partition coefficient (Wildman–Crippen LogP) is 2.20. The van der Waals surface area contributed by atoms with Gasteiger partial charge in [-0.05, 0) is 48.5 Å². The number of carboxylic acids is 1. The van der Waals surface area contributed by atoms with E-state index in [9.17, 15) is 9.59 Å². The molecule has 8 nitrogen and oxygen atoms in total. The second-order valence-electron chi connectivity index (χ2n) is 5.05. The van der Waals surface area contributed by atoms with Crippen molar-refractivity contribution >= 4 is 11.9 Å². The number of rotatable bonds is 5. The fourth-order valence-corrected chi connectivity index (χ4v) is 2.15. The van der Waals surface area contributed by atoms with Crippen molar-refractivity contribution in [2.24, 2.45) is 0 Å². The normalized spacial score (nSPS) is 10.4. The molecular weight excluding hydrogens is 324 g/mol. The average molecular weight is 338 g/mol. The third-order valence-electron chi connectivity index (χ3n) is 3.41. The van der Waals surface area contributed by atoms with E-state index in [1.807, 2.05) is 0 Å². The molecule has 0 radical (unpaired) electrons. The van der Waals surface area contributed by atoms with Crippen LogP contribution in [-0.4, -0.2) is 43.9 Å². The molecule has 0 aliphatic rings. The smallest absolute Gasteiger partial charge is 0.338 e. The summed E-state index contributed by atoms with van der Waals surface area (Å²) in [7, 11) is 0. The van der Waals surface area contributed by atoms with Gasteiger partial charge in [0, 0.05) is 5.56 Å². The third kappa shape index (κ3) is 3.52. The number of carboxylic acid groups (broad SMARTS) is 1. The molecule has 0 amide bonds. The lowest BCUT2D eigenvalue weighted by Gasteiger charge is -2.02. The number of hydrogen-bond donors (Lipinski definition) is 1. The molecule has 0 saturated heterocycles. The molecule has 0 spiro atoms. The van der Waals surface area contributed by atoms with Gasteiger partial charge in [0.05, 0.1) is 23.4 Å². The number of tetrazole rings is 1. The van der Waals surface area contributed by atoms with Crippen LogP contribution in [0, 0.1) is 0 Å². The number of aromatic nitrogens is 4. The van der Waals surface area contributed by atoms with Gasteiger partial charge in [0.2, 0.25) is 5.82 Å². The van der Waals surface area contributed by atoms with Crippen LogP contribution in [-0.2, 0) is 4.74 Å². The Morgan fingerprint density at radius 3 is 2.28 bits per heavy atom. The zero-order valence-electron chi connectivity index (χ0n) is 13.3. The summed E-state index contributed by atoms with van der Waals surface area (Å²) >= 11 is 0. The number of esters is 1. The molecule has 1 N–H and O–H groups in total. The quantitative estimate of drug-likeness (QED) is 0.711. The van der Waals surface area contributed by atoms with E-state index in [2.05, 4.69) is 15.4 Å². The fraction of sp³-hybridized carbons (Fsp3) is 0.118. The highest BCUT2D eigenvalue weighted by Crippen LogP contribution is 2.16.